The zero-order chi connectivity index (χ0) is 13.0. The molecule has 2 rings (SSSR count). The summed E-state index contributed by atoms with van der Waals surface area (Å²) in [6.07, 6.45) is 0. The van der Waals surface area contributed by atoms with Crippen LogP contribution in [-0.4, -0.2) is 7.11 Å². The molecule has 0 fully saturated rings. The van der Waals surface area contributed by atoms with Gasteiger partial charge in [0.25, 0.3) is 0 Å². The molecule has 2 aromatic carbocycles. The van der Waals surface area contributed by atoms with Crippen molar-refractivity contribution >= 4 is 33.2 Å². The van der Waals surface area contributed by atoms with Crippen molar-refractivity contribution in [2.24, 2.45) is 0 Å². The van der Waals surface area contributed by atoms with Crippen molar-refractivity contribution in [1.82, 2.24) is 0 Å². The quantitative estimate of drug-likeness (QED) is 0.877. The van der Waals surface area contributed by atoms with Crippen LogP contribution in [0.4, 0.5) is 5.69 Å². The van der Waals surface area contributed by atoms with Crippen molar-refractivity contribution in [2.45, 2.75) is 6.54 Å². The summed E-state index contributed by atoms with van der Waals surface area (Å²) in [5.41, 5.74) is 2.07. The number of nitrogens with one attached hydrogen (secondary N) is 1. The minimum atomic E-state index is 0.685. The second kappa shape index (κ2) is 6.12. The third kappa shape index (κ3) is 3.18. The largest absolute Gasteiger partial charge is 0.495 e. The fourth-order valence-corrected chi connectivity index (χ4v) is 2.22. The topological polar surface area (TPSA) is 21.3 Å². The fourth-order valence-electron chi connectivity index (χ4n) is 1.61. The van der Waals surface area contributed by atoms with Crippen molar-refractivity contribution < 1.29 is 4.74 Å². The van der Waals surface area contributed by atoms with Gasteiger partial charge in [0, 0.05) is 23.3 Å². The molecule has 0 amide bonds. The first-order valence-electron chi connectivity index (χ1n) is 5.51. The van der Waals surface area contributed by atoms with Gasteiger partial charge in [-0.1, -0.05) is 29.8 Å². The highest BCUT2D eigenvalue weighted by molar-refractivity contribution is 9.10. The number of rotatable bonds is 4. The lowest BCUT2D eigenvalue weighted by atomic mass is 10.2. The van der Waals surface area contributed by atoms with Crippen molar-refractivity contribution in [3.05, 3.63) is 57.5 Å². The molecule has 1 N–H and O–H groups in total. The Hall–Kier alpha value is -1.19. The van der Waals surface area contributed by atoms with Crippen molar-refractivity contribution in [2.75, 3.05) is 12.4 Å². The van der Waals surface area contributed by atoms with Gasteiger partial charge in [-0.15, -0.1) is 0 Å². The zero-order valence-electron chi connectivity index (χ0n) is 9.91. The number of hydrogen-bond donors (Lipinski definition) is 1. The molecule has 2 aromatic rings. The summed E-state index contributed by atoms with van der Waals surface area (Å²) in [5.74, 6) is 0.805. The van der Waals surface area contributed by atoms with E-state index in [0.717, 1.165) is 26.5 Å². The van der Waals surface area contributed by atoms with Gasteiger partial charge >= 0.3 is 0 Å². The summed E-state index contributed by atoms with van der Waals surface area (Å²) < 4.78 is 6.19. The van der Waals surface area contributed by atoms with E-state index >= 15 is 0 Å². The molecule has 94 valence electrons. The molecule has 0 aliphatic carbocycles. The summed E-state index contributed by atoms with van der Waals surface area (Å²) in [5, 5.41) is 4.09. The van der Waals surface area contributed by atoms with Gasteiger partial charge in [0.2, 0.25) is 0 Å². The van der Waals surface area contributed by atoms with Crippen LogP contribution in [0.1, 0.15) is 5.56 Å². The van der Waals surface area contributed by atoms with Gasteiger partial charge in [-0.2, -0.15) is 0 Å². The molecule has 2 nitrogen and oxygen atoms in total. The summed E-state index contributed by atoms with van der Waals surface area (Å²) in [6.45, 7) is 0.685. The van der Waals surface area contributed by atoms with E-state index in [-0.39, 0.29) is 0 Å². The molecule has 0 atom stereocenters. The molecule has 0 unspecified atom stereocenters. The molecule has 0 bridgehead atoms. The summed E-state index contributed by atoms with van der Waals surface area (Å²) in [4.78, 5) is 0. The van der Waals surface area contributed by atoms with Gasteiger partial charge in [-0.25, -0.2) is 0 Å². The molecule has 0 heterocycles. The predicted molar refractivity (Wildman–Crippen MR) is 79.5 cm³/mol. The van der Waals surface area contributed by atoms with E-state index in [1.807, 2.05) is 42.5 Å². The third-order valence-corrected chi connectivity index (χ3v) is 3.62. The summed E-state index contributed by atoms with van der Waals surface area (Å²) in [6, 6.07) is 13.7. The standard InChI is InChI=1S/C14H13BrClNO/c1-18-14-8-11(6-7-12(14)15)17-9-10-4-2-3-5-13(10)16/h2-8,17H,9H2,1H3. The lowest BCUT2D eigenvalue weighted by Crippen LogP contribution is -2.00. The van der Waals surface area contributed by atoms with Crippen molar-refractivity contribution in [3.8, 4) is 5.75 Å². The Balaban J connectivity index is 2.09. The van der Waals surface area contributed by atoms with Crippen LogP contribution in [0.5, 0.6) is 5.75 Å². The van der Waals surface area contributed by atoms with Gasteiger partial charge in [-0.05, 0) is 39.7 Å². The van der Waals surface area contributed by atoms with Gasteiger partial charge < -0.3 is 10.1 Å². The number of hydrogen-bond acceptors (Lipinski definition) is 2. The van der Waals surface area contributed by atoms with Crippen LogP contribution in [-0.2, 0) is 6.54 Å². The lowest BCUT2D eigenvalue weighted by molar-refractivity contribution is 0.412. The third-order valence-electron chi connectivity index (χ3n) is 2.59. The molecule has 0 aliphatic rings. The Labute approximate surface area is 120 Å². The molecule has 0 radical (unpaired) electrons. The first-order chi connectivity index (χ1) is 8.70. The van der Waals surface area contributed by atoms with E-state index in [1.54, 1.807) is 7.11 Å². The van der Waals surface area contributed by atoms with Crippen LogP contribution in [0.3, 0.4) is 0 Å². The van der Waals surface area contributed by atoms with Crippen LogP contribution in [0.25, 0.3) is 0 Å². The molecule has 0 aromatic heterocycles. The van der Waals surface area contributed by atoms with Crippen molar-refractivity contribution in [1.29, 1.82) is 0 Å². The van der Waals surface area contributed by atoms with Crippen LogP contribution in [0.15, 0.2) is 46.9 Å². The average molecular weight is 327 g/mol. The van der Waals surface area contributed by atoms with Crippen LogP contribution >= 0.6 is 27.5 Å². The molecule has 0 aliphatic heterocycles. The molecule has 0 saturated carbocycles. The lowest BCUT2D eigenvalue weighted by Gasteiger charge is -2.10. The predicted octanol–water partition coefficient (Wildman–Crippen LogP) is 4.72. The maximum absolute atomic E-state index is 6.10. The SMILES string of the molecule is COc1cc(NCc2ccccc2Cl)ccc1Br. The van der Waals surface area contributed by atoms with E-state index < -0.39 is 0 Å². The highest BCUT2D eigenvalue weighted by Crippen LogP contribution is 2.28. The van der Waals surface area contributed by atoms with Gasteiger partial charge in [0.15, 0.2) is 0 Å². The van der Waals surface area contributed by atoms with E-state index in [2.05, 4.69) is 21.2 Å². The number of ether oxygens (including phenoxy) is 1. The fraction of sp³-hybridized carbons (Fsp3) is 0.143. The highest BCUT2D eigenvalue weighted by atomic mass is 79.9. The Morgan fingerprint density at radius 3 is 2.72 bits per heavy atom. The van der Waals surface area contributed by atoms with Gasteiger partial charge in [0.1, 0.15) is 5.75 Å². The molecule has 18 heavy (non-hydrogen) atoms. The number of benzene rings is 2. The van der Waals surface area contributed by atoms with E-state index in [4.69, 9.17) is 16.3 Å². The Kier molecular flexibility index (Phi) is 4.50. The molecule has 4 heteroatoms. The Bertz CT molecular complexity index is 545. The Morgan fingerprint density at radius 1 is 1.22 bits per heavy atom. The van der Waals surface area contributed by atoms with Crippen molar-refractivity contribution in [3.63, 3.8) is 0 Å². The Morgan fingerprint density at radius 2 is 2.00 bits per heavy atom. The minimum Gasteiger partial charge on any atom is -0.495 e. The first kappa shape index (κ1) is 13.2. The normalized spacial score (nSPS) is 10.2. The van der Waals surface area contributed by atoms with Crippen LogP contribution in [0.2, 0.25) is 5.02 Å². The molecule has 0 saturated heterocycles. The van der Waals surface area contributed by atoms with E-state index in [9.17, 15) is 0 Å². The van der Waals surface area contributed by atoms with Crippen LogP contribution < -0.4 is 10.1 Å². The van der Waals surface area contributed by atoms with Gasteiger partial charge in [-0.3, -0.25) is 0 Å². The smallest absolute Gasteiger partial charge is 0.135 e. The number of methoxy groups -OCH3 is 1. The molecular formula is C14H13BrClNO. The van der Waals surface area contributed by atoms with E-state index in [1.165, 1.54) is 0 Å². The highest BCUT2D eigenvalue weighted by Gasteiger charge is 2.02. The van der Waals surface area contributed by atoms with Gasteiger partial charge in [0.05, 0.1) is 11.6 Å². The maximum Gasteiger partial charge on any atom is 0.135 e. The maximum atomic E-state index is 6.10. The second-order valence-electron chi connectivity index (χ2n) is 3.79. The van der Waals surface area contributed by atoms with E-state index in [0.29, 0.717) is 6.54 Å². The number of anilines is 1. The second-order valence-corrected chi connectivity index (χ2v) is 5.06. The monoisotopic (exact) mass is 325 g/mol. The minimum absolute atomic E-state index is 0.685. The van der Waals surface area contributed by atoms with Crippen LogP contribution in [0, 0.1) is 0 Å². The number of halogens is 2. The molecular weight excluding hydrogens is 314 g/mol. The zero-order valence-corrected chi connectivity index (χ0v) is 12.3. The summed E-state index contributed by atoms with van der Waals surface area (Å²) >= 11 is 9.53. The molecule has 0 spiro atoms. The summed E-state index contributed by atoms with van der Waals surface area (Å²) in [7, 11) is 1.65. The first-order valence-corrected chi connectivity index (χ1v) is 6.68. The average Bonchev–Trinajstić information content (AvgIpc) is 2.39.